The standard InChI is InChI=1S/C15H14FN3O3S/c16-13-3-1-2-4-14(13)19-10-9-18(15(19)20)11-5-7-12(8-6-11)23(17,21)22/h1-8H,9-10H2,(H2,17,21,22). The summed E-state index contributed by atoms with van der Waals surface area (Å²) in [6.07, 6.45) is 0. The summed E-state index contributed by atoms with van der Waals surface area (Å²) in [5.74, 6) is -0.465. The van der Waals surface area contributed by atoms with E-state index < -0.39 is 15.8 Å². The van der Waals surface area contributed by atoms with Crippen LogP contribution in [0, 0.1) is 5.82 Å². The number of hydrogen-bond donors (Lipinski definition) is 1. The highest BCUT2D eigenvalue weighted by Gasteiger charge is 2.32. The van der Waals surface area contributed by atoms with Crippen LogP contribution >= 0.6 is 0 Å². The lowest BCUT2D eigenvalue weighted by molar-refractivity contribution is 0.255. The summed E-state index contributed by atoms with van der Waals surface area (Å²) in [6, 6.07) is 11.4. The van der Waals surface area contributed by atoms with Crippen molar-refractivity contribution in [2.24, 2.45) is 5.14 Å². The topological polar surface area (TPSA) is 83.7 Å². The Kier molecular flexibility index (Phi) is 3.78. The van der Waals surface area contributed by atoms with Gasteiger partial charge in [-0.2, -0.15) is 0 Å². The van der Waals surface area contributed by atoms with Gasteiger partial charge in [-0.3, -0.25) is 9.80 Å². The summed E-state index contributed by atoms with van der Waals surface area (Å²) in [6.45, 7) is 0.721. The van der Waals surface area contributed by atoms with Gasteiger partial charge in [0.05, 0.1) is 10.6 Å². The van der Waals surface area contributed by atoms with Gasteiger partial charge in [0.2, 0.25) is 10.0 Å². The van der Waals surface area contributed by atoms with Crippen LogP contribution in [-0.4, -0.2) is 27.5 Å². The monoisotopic (exact) mass is 335 g/mol. The van der Waals surface area contributed by atoms with E-state index in [0.717, 1.165) is 0 Å². The van der Waals surface area contributed by atoms with Gasteiger partial charge < -0.3 is 0 Å². The third-order valence-corrected chi connectivity index (χ3v) is 4.56. The van der Waals surface area contributed by atoms with E-state index in [4.69, 9.17) is 5.14 Å². The maximum Gasteiger partial charge on any atom is 0.329 e. The van der Waals surface area contributed by atoms with E-state index in [2.05, 4.69) is 0 Å². The maximum atomic E-state index is 13.8. The predicted molar refractivity (Wildman–Crippen MR) is 84.3 cm³/mol. The third-order valence-electron chi connectivity index (χ3n) is 3.63. The largest absolute Gasteiger partial charge is 0.329 e. The van der Waals surface area contributed by atoms with Crippen LogP contribution < -0.4 is 14.9 Å². The van der Waals surface area contributed by atoms with Crippen LogP contribution in [0.25, 0.3) is 0 Å². The Morgan fingerprint density at radius 2 is 1.57 bits per heavy atom. The molecule has 2 aromatic rings. The van der Waals surface area contributed by atoms with Crippen molar-refractivity contribution in [3.8, 4) is 0 Å². The minimum atomic E-state index is -3.78. The van der Waals surface area contributed by atoms with Crippen LogP contribution in [0.15, 0.2) is 53.4 Å². The molecule has 0 unspecified atom stereocenters. The predicted octanol–water partition coefficient (Wildman–Crippen LogP) is 1.92. The second-order valence-corrected chi connectivity index (χ2v) is 6.64. The summed E-state index contributed by atoms with van der Waals surface area (Å²) in [7, 11) is -3.78. The Morgan fingerprint density at radius 3 is 2.17 bits per heavy atom. The fourth-order valence-corrected chi connectivity index (χ4v) is 3.00. The van der Waals surface area contributed by atoms with Crippen LogP contribution in [0.4, 0.5) is 20.6 Å². The molecule has 1 aliphatic rings. The SMILES string of the molecule is NS(=O)(=O)c1ccc(N2CCN(c3ccccc3F)C2=O)cc1. The number of sulfonamides is 1. The molecule has 2 amide bonds. The van der Waals surface area contributed by atoms with E-state index in [9.17, 15) is 17.6 Å². The van der Waals surface area contributed by atoms with Crippen LogP contribution in [0.1, 0.15) is 0 Å². The van der Waals surface area contributed by atoms with Crippen molar-refractivity contribution in [3.63, 3.8) is 0 Å². The normalized spacial score (nSPS) is 15.3. The maximum absolute atomic E-state index is 13.8. The first kappa shape index (κ1) is 15.4. The highest BCUT2D eigenvalue weighted by Crippen LogP contribution is 2.27. The Balaban J connectivity index is 1.86. The summed E-state index contributed by atoms with van der Waals surface area (Å²) >= 11 is 0. The Hall–Kier alpha value is -2.45. The van der Waals surface area contributed by atoms with E-state index in [0.29, 0.717) is 18.8 Å². The van der Waals surface area contributed by atoms with Crippen molar-refractivity contribution in [2.45, 2.75) is 4.90 Å². The number of amides is 2. The number of urea groups is 1. The first-order valence-corrected chi connectivity index (χ1v) is 8.39. The number of para-hydroxylation sites is 1. The molecule has 0 aromatic heterocycles. The molecule has 6 nitrogen and oxygen atoms in total. The molecular weight excluding hydrogens is 321 g/mol. The van der Waals surface area contributed by atoms with E-state index in [1.165, 1.54) is 40.1 Å². The lowest BCUT2D eigenvalue weighted by Crippen LogP contribution is -2.32. The number of rotatable bonds is 3. The molecule has 0 radical (unpaired) electrons. The molecule has 23 heavy (non-hydrogen) atoms. The van der Waals surface area contributed by atoms with Crippen molar-refractivity contribution in [1.82, 2.24) is 0 Å². The molecule has 1 heterocycles. The number of anilines is 2. The summed E-state index contributed by atoms with van der Waals surface area (Å²) in [5.41, 5.74) is 0.752. The molecule has 0 spiro atoms. The Bertz CT molecular complexity index is 853. The molecule has 2 aromatic carbocycles. The first-order valence-electron chi connectivity index (χ1n) is 6.84. The molecule has 1 saturated heterocycles. The first-order chi connectivity index (χ1) is 10.9. The molecule has 0 aliphatic carbocycles. The lowest BCUT2D eigenvalue weighted by atomic mass is 10.3. The van der Waals surface area contributed by atoms with Gasteiger partial charge in [0.1, 0.15) is 5.82 Å². The Morgan fingerprint density at radius 1 is 0.957 bits per heavy atom. The van der Waals surface area contributed by atoms with Gasteiger partial charge in [0, 0.05) is 18.8 Å². The van der Waals surface area contributed by atoms with Crippen LogP contribution in [-0.2, 0) is 10.0 Å². The third kappa shape index (κ3) is 2.90. The second-order valence-electron chi connectivity index (χ2n) is 5.08. The number of halogens is 1. The zero-order valence-electron chi connectivity index (χ0n) is 12.0. The number of primary sulfonamides is 1. The number of carbonyl (C=O) groups excluding carboxylic acids is 1. The van der Waals surface area contributed by atoms with Gasteiger partial charge in [-0.25, -0.2) is 22.7 Å². The number of nitrogens with two attached hydrogens (primary N) is 1. The van der Waals surface area contributed by atoms with Crippen molar-refractivity contribution in [1.29, 1.82) is 0 Å². The highest BCUT2D eigenvalue weighted by molar-refractivity contribution is 7.89. The van der Waals surface area contributed by atoms with Gasteiger partial charge >= 0.3 is 6.03 Å². The van der Waals surface area contributed by atoms with Crippen LogP contribution in [0.3, 0.4) is 0 Å². The Labute approximate surface area is 133 Å². The number of hydrogen-bond acceptors (Lipinski definition) is 3. The van der Waals surface area contributed by atoms with E-state index in [1.807, 2.05) is 0 Å². The smallest absolute Gasteiger partial charge is 0.292 e. The van der Waals surface area contributed by atoms with Crippen molar-refractivity contribution < 1.29 is 17.6 Å². The molecule has 8 heteroatoms. The molecule has 0 saturated carbocycles. The van der Waals surface area contributed by atoms with Crippen molar-refractivity contribution >= 4 is 27.4 Å². The molecule has 1 aliphatic heterocycles. The zero-order chi connectivity index (χ0) is 16.6. The molecule has 120 valence electrons. The average Bonchev–Trinajstić information content (AvgIpc) is 2.89. The van der Waals surface area contributed by atoms with Gasteiger partial charge in [0.15, 0.2) is 0 Å². The van der Waals surface area contributed by atoms with E-state index in [1.54, 1.807) is 18.2 Å². The highest BCUT2D eigenvalue weighted by atomic mass is 32.2. The zero-order valence-corrected chi connectivity index (χ0v) is 12.8. The van der Waals surface area contributed by atoms with Gasteiger partial charge in [-0.15, -0.1) is 0 Å². The fraction of sp³-hybridized carbons (Fsp3) is 0.133. The molecule has 2 N–H and O–H groups in total. The number of nitrogens with zero attached hydrogens (tertiary/aromatic N) is 2. The quantitative estimate of drug-likeness (QED) is 0.930. The van der Waals surface area contributed by atoms with Crippen LogP contribution in [0.2, 0.25) is 0 Å². The minimum Gasteiger partial charge on any atom is -0.292 e. The molecule has 1 fully saturated rings. The molecule has 3 rings (SSSR count). The van der Waals surface area contributed by atoms with Gasteiger partial charge in [-0.05, 0) is 36.4 Å². The van der Waals surface area contributed by atoms with Crippen molar-refractivity contribution in [3.05, 3.63) is 54.3 Å². The van der Waals surface area contributed by atoms with Crippen LogP contribution in [0.5, 0.6) is 0 Å². The number of carbonyl (C=O) groups is 1. The molecule has 0 atom stereocenters. The summed E-state index contributed by atoms with van der Waals surface area (Å²) < 4.78 is 36.3. The lowest BCUT2D eigenvalue weighted by Gasteiger charge is -2.19. The molecular formula is C15H14FN3O3S. The number of benzene rings is 2. The van der Waals surface area contributed by atoms with Crippen molar-refractivity contribution in [2.75, 3.05) is 22.9 Å². The van der Waals surface area contributed by atoms with Gasteiger partial charge in [0.25, 0.3) is 0 Å². The van der Waals surface area contributed by atoms with Gasteiger partial charge in [-0.1, -0.05) is 12.1 Å². The fourth-order valence-electron chi connectivity index (χ4n) is 2.49. The average molecular weight is 335 g/mol. The minimum absolute atomic E-state index is 0.0288. The van der Waals surface area contributed by atoms with E-state index >= 15 is 0 Å². The molecule has 0 bridgehead atoms. The van der Waals surface area contributed by atoms with E-state index in [-0.39, 0.29) is 16.6 Å². The summed E-state index contributed by atoms with van der Waals surface area (Å²) in [4.78, 5) is 15.3. The second kappa shape index (κ2) is 5.64. The summed E-state index contributed by atoms with van der Waals surface area (Å²) in [5, 5.41) is 5.04.